The van der Waals surface area contributed by atoms with Crippen LogP contribution in [0.25, 0.3) is 11.0 Å². The second-order valence-corrected chi connectivity index (χ2v) is 10.4. The van der Waals surface area contributed by atoms with Crippen molar-refractivity contribution in [2.24, 2.45) is 5.41 Å². The monoisotopic (exact) mass is 590 g/mol. The number of aromatic nitrogens is 3. The predicted molar refractivity (Wildman–Crippen MR) is 159 cm³/mol. The maximum absolute atomic E-state index is 13.0. The van der Waals surface area contributed by atoms with Crippen molar-refractivity contribution in [3.05, 3.63) is 57.5 Å². The highest BCUT2D eigenvalue weighted by atomic mass is 16.5. The lowest BCUT2D eigenvalue weighted by Crippen LogP contribution is -2.42. The molecule has 0 saturated carbocycles. The minimum Gasteiger partial charge on any atom is -0.466 e. The molecule has 0 fully saturated rings. The normalized spacial score (nSPS) is 11.6. The highest BCUT2D eigenvalue weighted by molar-refractivity contribution is 5.97. The van der Waals surface area contributed by atoms with Gasteiger partial charge in [-0.2, -0.15) is 4.98 Å². The molecule has 0 saturated heterocycles. The summed E-state index contributed by atoms with van der Waals surface area (Å²) in [6, 6.07) is 4.86. The van der Waals surface area contributed by atoms with Gasteiger partial charge in [0.25, 0.3) is 11.5 Å². The Bertz CT molecular complexity index is 1660. The van der Waals surface area contributed by atoms with Gasteiger partial charge in [0.05, 0.1) is 18.6 Å². The first-order valence-electron chi connectivity index (χ1n) is 13.6. The van der Waals surface area contributed by atoms with Crippen LogP contribution in [0.1, 0.15) is 68.9 Å². The number of carbonyl (C=O) groups is 4. The number of nitrogens with one attached hydrogen (secondary N) is 3. The molecule has 3 aromatic rings. The Kier molecular flexibility index (Phi) is 10.6. The molecule has 2 amide bonds. The van der Waals surface area contributed by atoms with Gasteiger partial charge in [-0.15, -0.1) is 0 Å². The first-order chi connectivity index (χ1) is 20.3. The molecular weight excluding hydrogens is 556 g/mol. The van der Waals surface area contributed by atoms with Crippen LogP contribution in [0.3, 0.4) is 0 Å². The number of anilines is 2. The summed E-state index contributed by atoms with van der Waals surface area (Å²) in [5.41, 5.74) is 6.16. The number of nitrogens with two attached hydrogens (primary N) is 1. The van der Waals surface area contributed by atoms with Crippen molar-refractivity contribution in [3.8, 4) is 11.8 Å². The van der Waals surface area contributed by atoms with Crippen molar-refractivity contribution in [1.82, 2.24) is 20.3 Å². The van der Waals surface area contributed by atoms with Crippen LogP contribution in [0.2, 0.25) is 0 Å². The van der Waals surface area contributed by atoms with Crippen molar-refractivity contribution >= 4 is 46.4 Å². The van der Waals surface area contributed by atoms with Gasteiger partial charge in [0, 0.05) is 40.4 Å². The molecule has 0 aliphatic rings. The molecule has 0 aliphatic carbocycles. The number of fused-ring (bicyclic) bond motifs is 1. The predicted octanol–water partition coefficient (Wildman–Crippen LogP) is 2.29. The summed E-state index contributed by atoms with van der Waals surface area (Å²) in [6.45, 7) is 8.80. The van der Waals surface area contributed by atoms with E-state index in [4.69, 9.17) is 15.2 Å². The van der Waals surface area contributed by atoms with E-state index in [0.717, 1.165) is 0 Å². The summed E-state index contributed by atoms with van der Waals surface area (Å²) < 4.78 is 9.94. The second-order valence-electron chi connectivity index (χ2n) is 10.4. The van der Waals surface area contributed by atoms with Crippen LogP contribution in [0.15, 0.2) is 35.3 Å². The van der Waals surface area contributed by atoms with Crippen LogP contribution in [-0.2, 0) is 23.9 Å². The third kappa shape index (κ3) is 8.87. The number of H-pyrrole nitrogens is 1. The van der Waals surface area contributed by atoms with Crippen LogP contribution >= 0.6 is 0 Å². The second kappa shape index (κ2) is 14.1. The SMILES string of the molecule is CCOC(=O)CC[C@H](NC(=O)c1ccc(N)c(C#Cc2cnc3nc(NC(=O)C(C)(C)C)[nH]c(=O)c3c2)c1)C(=O)OCC. The van der Waals surface area contributed by atoms with E-state index >= 15 is 0 Å². The van der Waals surface area contributed by atoms with Crippen molar-refractivity contribution in [2.45, 2.75) is 53.5 Å². The van der Waals surface area contributed by atoms with Crippen LogP contribution in [-0.4, -0.2) is 58.0 Å². The topological polar surface area (TPSA) is 195 Å². The molecule has 0 radical (unpaired) electrons. The molecule has 3 rings (SSSR count). The number of ether oxygens (including phenoxy) is 2. The Morgan fingerprint density at radius 2 is 1.79 bits per heavy atom. The number of nitrogen functional groups attached to an aromatic ring is 1. The van der Waals surface area contributed by atoms with Gasteiger partial charge in [-0.1, -0.05) is 32.6 Å². The largest absolute Gasteiger partial charge is 0.466 e. The van der Waals surface area contributed by atoms with E-state index in [9.17, 15) is 24.0 Å². The number of hydrogen-bond donors (Lipinski definition) is 4. The third-order valence-electron chi connectivity index (χ3n) is 5.95. The zero-order valence-corrected chi connectivity index (χ0v) is 24.6. The molecule has 226 valence electrons. The molecule has 1 aromatic carbocycles. The van der Waals surface area contributed by atoms with E-state index < -0.39 is 34.9 Å². The Balaban J connectivity index is 1.82. The summed E-state index contributed by atoms with van der Waals surface area (Å²) in [4.78, 5) is 73.0. The van der Waals surface area contributed by atoms with Gasteiger partial charge in [-0.25, -0.2) is 9.78 Å². The minimum atomic E-state index is -1.07. The van der Waals surface area contributed by atoms with Crippen molar-refractivity contribution in [2.75, 3.05) is 24.3 Å². The number of nitrogens with zero attached hydrogens (tertiary/aromatic N) is 2. The lowest BCUT2D eigenvalue weighted by atomic mass is 9.96. The van der Waals surface area contributed by atoms with Crippen LogP contribution in [0.4, 0.5) is 11.6 Å². The molecule has 0 spiro atoms. The molecule has 1 atom stereocenters. The number of carbonyl (C=O) groups excluding carboxylic acids is 4. The average molecular weight is 591 g/mol. The molecular formula is C30H34N6O7. The minimum absolute atomic E-state index is 0.00154. The average Bonchev–Trinajstić information content (AvgIpc) is 2.94. The van der Waals surface area contributed by atoms with Gasteiger partial charge >= 0.3 is 11.9 Å². The summed E-state index contributed by atoms with van der Waals surface area (Å²) in [5, 5.41) is 5.33. The molecule has 43 heavy (non-hydrogen) atoms. The quantitative estimate of drug-likeness (QED) is 0.163. The number of hydrogen-bond acceptors (Lipinski definition) is 10. The first kappa shape index (κ1) is 32.3. The summed E-state index contributed by atoms with van der Waals surface area (Å²) >= 11 is 0. The standard InChI is InChI=1S/C30H34N6O7/c1-6-42-23(37)13-12-22(27(40)43-7-2)33-25(38)19-10-11-21(31)18(15-19)9-8-17-14-20-24(32-16-17)34-29(35-26(20)39)36-28(41)30(3,4)5/h10-11,14-16,22H,6-7,12-13,31H2,1-5H3,(H,33,38)(H2,32,34,35,36,39,41)/t22-/m0/s1. The number of rotatable bonds is 9. The highest BCUT2D eigenvalue weighted by Gasteiger charge is 2.24. The molecule has 13 heteroatoms. The highest BCUT2D eigenvalue weighted by Crippen LogP contribution is 2.17. The third-order valence-corrected chi connectivity index (χ3v) is 5.95. The lowest BCUT2D eigenvalue weighted by Gasteiger charge is -2.17. The van der Waals surface area contributed by atoms with Crippen molar-refractivity contribution < 1.29 is 28.7 Å². The van der Waals surface area contributed by atoms with Gasteiger partial charge in [-0.3, -0.25) is 29.5 Å². The number of pyridine rings is 1. The van der Waals surface area contributed by atoms with Gasteiger partial charge in [0.1, 0.15) is 6.04 Å². The summed E-state index contributed by atoms with van der Waals surface area (Å²) in [7, 11) is 0. The summed E-state index contributed by atoms with van der Waals surface area (Å²) in [6.07, 6.45) is 1.33. The van der Waals surface area contributed by atoms with Crippen LogP contribution in [0, 0.1) is 17.3 Å². The molecule has 2 aromatic heterocycles. The Hall–Kier alpha value is -5.25. The Morgan fingerprint density at radius 1 is 1.07 bits per heavy atom. The van der Waals surface area contributed by atoms with Gasteiger partial charge in [-0.05, 0) is 44.5 Å². The van der Waals surface area contributed by atoms with Crippen molar-refractivity contribution in [1.29, 1.82) is 0 Å². The number of benzene rings is 1. The van der Waals surface area contributed by atoms with E-state index in [2.05, 4.69) is 37.4 Å². The van der Waals surface area contributed by atoms with Crippen LogP contribution < -0.4 is 21.9 Å². The molecule has 13 nitrogen and oxygen atoms in total. The number of esters is 2. The lowest BCUT2D eigenvalue weighted by molar-refractivity contribution is -0.146. The van der Waals surface area contributed by atoms with Gasteiger partial charge < -0.3 is 20.5 Å². The van der Waals surface area contributed by atoms with Gasteiger partial charge in [0.15, 0.2) is 5.65 Å². The number of amides is 2. The summed E-state index contributed by atoms with van der Waals surface area (Å²) in [5.74, 6) is 3.65. The van der Waals surface area contributed by atoms with Crippen molar-refractivity contribution in [3.63, 3.8) is 0 Å². The Morgan fingerprint density at radius 3 is 2.47 bits per heavy atom. The molecule has 0 bridgehead atoms. The number of aromatic amines is 1. The zero-order valence-electron chi connectivity index (χ0n) is 24.6. The van der Waals surface area contributed by atoms with E-state index in [0.29, 0.717) is 16.8 Å². The smallest absolute Gasteiger partial charge is 0.328 e. The molecule has 2 heterocycles. The van der Waals surface area contributed by atoms with E-state index in [1.807, 2.05) is 0 Å². The molecule has 0 unspecified atom stereocenters. The van der Waals surface area contributed by atoms with Gasteiger partial charge in [0.2, 0.25) is 11.9 Å². The van der Waals surface area contributed by atoms with Crippen LogP contribution in [0.5, 0.6) is 0 Å². The molecule has 0 aliphatic heterocycles. The zero-order chi connectivity index (χ0) is 31.7. The maximum atomic E-state index is 13.0. The van der Waals surface area contributed by atoms with E-state index in [1.165, 1.54) is 30.5 Å². The fourth-order valence-corrected chi connectivity index (χ4v) is 3.62. The fourth-order valence-electron chi connectivity index (χ4n) is 3.62. The fraction of sp³-hybridized carbons (Fsp3) is 0.367. The first-order valence-corrected chi connectivity index (χ1v) is 13.6. The molecule has 5 N–H and O–H groups in total. The maximum Gasteiger partial charge on any atom is 0.328 e. The van der Waals surface area contributed by atoms with E-state index in [-0.39, 0.29) is 54.5 Å². The Labute approximate surface area is 248 Å². The van der Waals surface area contributed by atoms with E-state index in [1.54, 1.807) is 34.6 Å².